The highest BCUT2D eigenvalue weighted by Gasteiger charge is 2.24. The summed E-state index contributed by atoms with van der Waals surface area (Å²) in [6.07, 6.45) is 0. The van der Waals surface area contributed by atoms with E-state index in [1.807, 2.05) is 49.4 Å². The fourth-order valence-electron chi connectivity index (χ4n) is 2.21. The molecule has 2 aromatic rings. The van der Waals surface area contributed by atoms with E-state index >= 15 is 0 Å². The summed E-state index contributed by atoms with van der Waals surface area (Å²) in [4.78, 5) is 12.1. The smallest absolute Gasteiger partial charge is 0.336 e. The van der Waals surface area contributed by atoms with Crippen molar-refractivity contribution in [3.63, 3.8) is 0 Å². The van der Waals surface area contributed by atoms with Gasteiger partial charge in [-0.15, -0.1) is 0 Å². The summed E-state index contributed by atoms with van der Waals surface area (Å²) in [5.41, 5.74) is 0.817. The molecule has 0 fully saturated rings. The van der Waals surface area contributed by atoms with Crippen LogP contribution in [0.4, 0.5) is 5.69 Å². The number of nitrogens with one attached hydrogen (secondary N) is 1. The van der Waals surface area contributed by atoms with E-state index in [9.17, 15) is 4.79 Å². The van der Waals surface area contributed by atoms with Gasteiger partial charge >= 0.3 is 5.97 Å². The molecule has 0 bridgehead atoms. The number of carbonyl (C=O) groups is 1. The lowest BCUT2D eigenvalue weighted by Crippen LogP contribution is -2.34. The average molecular weight is 299 g/mol. The van der Waals surface area contributed by atoms with E-state index in [2.05, 4.69) is 11.9 Å². The summed E-state index contributed by atoms with van der Waals surface area (Å²) in [7, 11) is 0. The second-order valence-electron chi connectivity index (χ2n) is 4.79. The van der Waals surface area contributed by atoms with Gasteiger partial charge in [0.15, 0.2) is 6.04 Å². The second-order valence-corrected chi connectivity index (χ2v) is 4.79. The zero-order chi connectivity index (χ0) is 15.9. The predicted molar refractivity (Wildman–Crippen MR) is 88.8 cm³/mol. The van der Waals surface area contributed by atoms with Gasteiger partial charge in [-0.05, 0) is 36.8 Å². The normalized spacial score (nSPS) is 11.7. The molecule has 1 N–H and O–H groups in total. The number of hydrogen-bond acceptors (Lipinski definition) is 4. The molecule has 0 aromatic heterocycles. The Morgan fingerprint density at radius 2 is 1.77 bits per heavy atom. The Morgan fingerprint density at radius 3 is 2.45 bits per heavy atom. The number of carbonyl (C=O) groups excluding carboxylic acids is 1. The third kappa shape index (κ3) is 3.79. The molecule has 0 radical (unpaired) electrons. The van der Waals surface area contributed by atoms with Crippen molar-refractivity contribution in [3.05, 3.63) is 54.8 Å². The molecule has 2 rings (SSSR count). The van der Waals surface area contributed by atoms with Crippen molar-refractivity contribution >= 4 is 22.4 Å². The third-order valence-corrected chi connectivity index (χ3v) is 3.23. The van der Waals surface area contributed by atoms with E-state index in [1.54, 1.807) is 6.92 Å². The fraction of sp³-hybridized carbons (Fsp3) is 0.278. The van der Waals surface area contributed by atoms with Crippen LogP contribution in [0.5, 0.6) is 0 Å². The lowest BCUT2D eigenvalue weighted by atomic mass is 10.1. The molecular weight excluding hydrogens is 278 g/mol. The molecule has 4 heteroatoms. The highest BCUT2D eigenvalue weighted by Crippen LogP contribution is 2.21. The third-order valence-electron chi connectivity index (χ3n) is 3.23. The second kappa shape index (κ2) is 7.50. The Hall–Kier alpha value is -2.49. The Kier molecular flexibility index (Phi) is 5.42. The van der Waals surface area contributed by atoms with Crippen LogP contribution in [0.3, 0.4) is 0 Å². The summed E-state index contributed by atoms with van der Waals surface area (Å²) in [6, 6.07) is 13.2. The molecule has 0 aliphatic carbocycles. The van der Waals surface area contributed by atoms with Crippen molar-refractivity contribution < 1.29 is 14.3 Å². The van der Waals surface area contributed by atoms with Gasteiger partial charge in [0.1, 0.15) is 5.76 Å². The maximum absolute atomic E-state index is 12.1. The number of esters is 1. The zero-order valence-electron chi connectivity index (χ0n) is 13.0. The minimum atomic E-state index is -0.721. The summed E-state index contributed by atoms with van der Waals surface area (Å²) < 4.78 is 10.5. The highest BCUT2D eigenvalue weighted by atomic mass is 16.5. The Bertz CT molecular complexity index is 648. The van der Waals surface area contributed by atoms with Crippen LogP contribution in [0.25, 0.3) is 10.8 Å². The summed E-state index contributed by atoms with van der Waals surface area (Å²) in [5, 5.41) is 5.38. The molecule has 2 aromatic carbocycles. The molecule has 0 amide bonds. The molecule has 116 valence electrons. The van der Waals surface area contributed by atoms with Gasteiger partial charge in [0, 0.05) is 5.69 Å². The molecule has 22 heavy (non-hydrogen) atoms. The number of anilines is 1. The number of ether oxygens (including phenoxy) is 2. The van der Waals surface area contributed by atoms with Crippen LogP contribution in [0.1, 0.15) is 13.8 Å². The Labute approximate surface area is 130 Å². The molecule has 0 spiro atoms. The van der Waals surface area contributed by atoms with Gasteiger partial charge in [-0.25, -0.2) is 4.79 Å². The highest BCUT2D eigenvalue weighted by molar-refractivity contribution is 5.87. The monoisotopic (exact) mass is 299 g/mol. The standard InChI is InChI=1S/C18H21NO3/c1-4-21-13(3)17(18(20)22-5-2)19-16-11-10-14-8-6-7-9-15(14)12-16/h6-12,17,19H,3-5H2,1-2H3. The van der Waals surface area contributed by atoms with E-state index in [0.29, 0.717) is 19.0 Å². The van der Waals surface area contributed by atoms with Crippen LogP contribution < -0.4 is 5.32 Å². The van der Waals surface area contributed by atoms with E-state index < -0.39 is 12.0 Å². The van der Waals surface area contributed by atoms with Crippen LogP contribution in [0.15, 0.2) is 54.8 Å². The molecule has 0 aliphatic heterocycles. The number of fused-ring (bicyclic) bond motifs is 1. The van der Waals surface area contributed by atoms with Crippen LogP contribution in [0.2, 0.25) is 0 Å². The minimum absolute atomic E-state index is 0.314. The van der Waals surface area contributed by atoms with Gasteiger partial charge in [0.05, 0.1) is 13.2 Å². The van der Waals surface area contributed by atoms with Crippen LogP contribution in [0, 0.1) is 0 Å². The van der Waals surface area contributed by atoms with Crippen molar-refractivity contribution in [2.75, 3.05) is 18.5 Å². The Balaban J connectivity index is 2.23. The quantitative estimate of drug-likeness (QED) is 0.625. The average Bonchev–Trinajstić information content (AvgIpc) is 2.52. The molecule has 1 atom stereocenters. The van der Waals surface area contributed by atoms with E-state index in [1.165, 1.54) is 0 Å². The van der Waals surface area contributed by atoms with Crippen molar-refractivity contribution in [1.29, 1.82) is 0 Å². The fourth-order valence-corrected chi connectivity index (χ4v) is 2.21. The summed E-state index contributed by atoms with van der Waals surface area (Å²) in [6.45, 7) is 8.21. The molecular formula is C18H21NO3. The van der Waals surface area contributed by atoms with Gasteiger partial charge in [-0.2, -0.15) is 0 Å². The van der Waals surface area contributed by atoms with Crippen molar-refractivity contribution in [2.24, 2.45) is 0 Å². The van der Waals surface area contributed by atoms with Crippen molar-refractivity contribution in [2.45, 2.75) is 19.9 Å². The first kappa shape index (κ1) is 15.9. The van der Waals surface area contributed by atoms with Gasteiger partial charge < -0.3 is 14.8 Å². The molecule has 0 saturated heterocycles. The molecule has 1 unspecified atom stereocenters. The molecule has 4 nitrogen and oxygen atoms in total. The maximum atomic E-state index is 12.1. The van der Waals surface area contributed by atoms with E-state index in [4.69, 9.17) is 9.47 Å². The Morgan fingerprint density at radius 1 is 1.09 bits per heavy atom. The van der Waals surface area contributed by atoms with Crippen molar-refractivity contribution in [1.82, 2.24) is 0 Å². The number of rotatable bonds is 7. The molecule has 0 aliphatic rings. The van der Waals surface area contributed by atoms with Crippen LogP contribution >= 0.6 is 0 Å². The summed E-state index contributed by atoms with van der Waals surface area (Å²) >= 11 is 0. The number of hydrogen-bond donors (Lipinski definition) is 1. The van der Waals surface area contributed by atoms with Crippen LogP contribution in [-0.2, 0) is 14.3 Å². The topological polar surface area (TPSA) is 47.6 Å². The first-order valence-corrected chi connectivity index (χ1v) is 7.39. The summed E-state index contributed by atoms with van der Waals surface area (Å²) in [5.74, 6) is -0.0387. The number of benzene rings is 2. The van der Waals surface area contributed by atoms with Gasteiger partial charge in [-0.1, -0.05) is 36.9 Å². The maximum Gasteiger partial charge on any atom is 0.336 e. The zero-order valence-corrected chi connectivity index (χ0v) is 13.0. The van der Waals surface area contributed by atoms with Crippen molar-refractivity contribution in [3.8, 4) is 0 Å². The van der Waals surface area contributed by atoms with Gasteiger partial charge in [0.25, 0.3) is 0 Å². The first-order chi connectivity index (χ1) is 10.7. The predicted octanol–water partition coefficient (Wildman–Crippen LogP) is 3.73. The minimum Gasteiger partial charge on any atom is -0.496 e. The van der Waals surface area contributed by atoms with E-state index in [0.717, 1.165) is 16.5 Å². The van der Waals surface area contributed by atoms with Gasteiger partial charge in [0.2, 0.25) is 0 Å². The van der Waals surface area contributed by atoms with Crippen LogP contribution in [-0.4, -0.2) is 25.2 Å². The molecule has 0 saturated carbocycles. The van der Waals surface area contributed by atoms with E-state index in [-0.39, 0.29) is 0 Å². The SMILES string of the molecule is C=C(OCC)C(Nc1ccc2ccccc2c1)C(=O)OCC. The lowest BCUT2D eigenvalue weighted by Gasteiger charge is -2.20. The molecule has 0 heterocycles. The first-order valence-electron chi connectivity index (χ1n) is 7.39. The van der Waals surface area contributed by atoms with Gasteiger partial charge in [-0.3, -0.25) is 0 Å². The lowest BCUT2D eigenvalue weighted by molar-refractivity contribution is -0.143. The largest absolute Gasteiger partial charge is 0.496 e.